The number of hydrogen-bond donors (Lipinski definition) is 0. The molecule has 0 radical (unpaired) electrons. The molecule has 3 nitrogen and oxygen atoms in total. The minimum absolute atomic E-state index is 0.205. The van der Waals surface area contributed by atoms with Crippen LogP contribution < -0.4 is 0 Å². The molecule has 0 aromatic heterocycles. The summed E-state index contributed by atoms with van der Waals surface area (Å²) >= 11 is 3.79. The first kappa shape index (κ1) is 24.4. The van der Waals surface area contributed by atoms with Gasteiger partial charge in [0.05, 0.1) is 0 Å². The number of carbonyl (C=O) groups is 1. The predicted octanol–water partition coefficient (Wildman–Crippen LogP) is 6.83. The topological polar surface area (TPSA) is 23.6 Å². The first-order valence-corrected chi connectivity index (χ1v) is 15.3. The Labute approximate surface area is 214 Å². The van der Waals surface area contributed by atoms with E-state index in [2.05, 4.69) is 46.2 Å². The molecule has 0 amide bonds. The van der Waals surface area contributed by atoms with Gasteiger partial charge in [-0.3, -0.25) is 4.79 Å². The number of hydrogen-bond acceptors (Lipinski definition) is 5. The van der Waals surface area contributed by atoms with E-state index in [4.69, 9.17) is 0 Å². The zero-order chi connectivity index (χ0) is 23.2. The van der Waals surface area contributed by atoms with Crippen LogP contribution in [0.15, 0.2) is 46.2 Å². The van der Waals surface area contributed by atoms with Gasteiger partial charge < -0.3 is 9.80 Å². The van der Waals surface area contributed by atoms with Crippen molar-refractivity contribution in [2.45, 2.75) is 61.2 Å². The van der Waals surface area contributed by atoms with Crippen LogP contribution in [0.5, 0.6) is 0 Å². The molecule has 1 aliphatic carbocycles. The lowest BCUT2D eigenvalue weighted by Gasteiger charge is -2.26. The number of fused-ring (bicyclic) bond motifs is 3. The van der Waals surface area contributed by atoms with E-state index in [1.807, 2.05) is 23.5 Å². The van der Waals surface area contributed by atoms with Crippen LogP contribution in [-0.4, -0.2) is 66.4 Å². The van der Waals surface area contributed by atoms with Crippen LogP contribution in [0.1, 0.15) is 67.3 Å². The highest BCUT2D eigenvalue weighted by atomic mass is 32.2. The van der Waals surface area contributed by atoms with Crippen molar-refractivity contribution in [2.24, 2.45) is 0 Å². The van der Waals surface area contributed by atoms with Crippen molar-refractivity contribution in [3.05, 3.63) is 47.5 Å². The second kappa shape index (κ2) is 12.1. The molecule has 2 aromatic carbocycles. The molecule has 3 aliphatic rings. The van der Waals surface area contributed by atoms with E-state index >= 15 is 0 Å². The summed E-state index contributed by atoms with van der Waals surface area (Å²) in [6.45, 7) is 7.51. The maximum atomic E-state index is 13.2. The predicted molar refractivity (Wildman–Crippen MR) is 147 cm³/mol. The van der Waals surface area contributed by atoms with Crippen molar-refractivity contribution in [3.8, 4) is 11.1 Å². The lowest BCUT2D eigenvalue weighted by Crippen LogP contribution is -2.30. The number of carbonyl (C=O) groups excluding carboxylic acids is 1. The minimum Gasteiger partial charge on any atom is -0.303 e. The van der Waals surface area contributed by atoms with Crippen LogP contribution in [-0.2, 0) is 0 Å². The van der Waals surface area contributed by atoms with Gasteiger partial charge in [-0.1, -0.05) is 25.0 Å². The minimum atomic E-state index is 0.205. The lowest BCUT2D eigenvalue weighted by atomic mass is 10.1. The molecule has 34 heavy (non-hydrogen) atoms. The molecular formula is C29H38N2OS2. The molecule has 2 heterocycles. The van der Waals surface area contributed by atoms with Crippen LogP contribution in [0.4, 0.5) is 0 Å². The maximum absolute atomic E-state index is 13.2. The van der Waals surface area contributed by atoms with Crippen LogP contribution in [0.2, 0.25) is 0 Å². The number of ketones is 1. The molecule has 0 unspecified atom stereocenters. The molecule has 0 spiro atoms. The molecule has 2 fully saturated rings. The fraction of sp³-hybridized carbons (Fsp3) is 0.552. The fourth-order valence-electron chi connectivity index (χ4n) is 5.54. The van der Waals surface area contributed by atoms with E-state index in [1.54, 1.807) is 0 Å². The molecule has 182 valence electrons. The average Bonchev–Trinajstić information content (AvgIpc) is 3.16. The van der Waals surface area contributed by atoms with Crippen molar-refractivity contribution in [3.63, 3.8) is 0 Å². The van der Waals surface area contributed by atoms with Gasteiger partial charge in [-0.25, -0.2) is 0 Å². The number of benzene rings is 2. The standard InChI is InChI=1S/C29H38N2OS2/c32-29-27-21-23(33-19-7-17-30-13-3-1-4-14-30)9-11-25(27)26-12-10-24(22-28(26)29)34-20-8-18-31-15-5-2-6-16-31/h9-12,21-22H,1-8,13-20H2. The Bertz CT molecular complexity index is 903. The monoisotopic (exact) mass is 494 g/mol. The van der Waals surface area contributed by atoms with E-state index in [0.717, 1.165) is 33.8 Å². The van der Waals surface area contributed by atoms with E-state index in [-0.39, 0.29) is 5.78 Å². The Kier molecular flexibility index (Phi) is 8.70. The van der Waals surface area contributed by atoms with Crippen LogP contribution in [0, 0.1) is 0 Å². The second-order valence-electron chi connectivity index (χ2n) is 9.95. The van der Waals surface area contributed by atoms with Crippen molar-refractivity contribution < 1.29 is 4.79 Å². The normalized spacial score (nSPS) is 18.8. The van der Waals surface area contributed by atoms with Gasteiger partial charge in [0.25, 0.3) is 0 Å². The average molecular weight is 495 g/mol. The molecular weight excluding hydrogens is 456 g/mol. The number of thioether (sulfide) groups is 2. The molecule has 5 heteroatoms. The summed E-state index contributed by atoms with van der Waals surface area (Å²) in [6.07, 6.45) is 10.7. The Hall–Kier alpha value is -1.27. The summed E-state index contributed by atoms with van der Waals surface area (Å²) in [5, 5.41) is 0. The van der Waals surface area contributed by atoms with Crippen LogP contribution in [0.25, 0.3) is 11.1 Å². The Morgan fingerprint density at radius 1 is 0.588 bits per heavy atom. The Morgan fingerprint density at radius 2 is 1.03 bits per heavy atom. The highest BCUT2D eigenvalue weighted by Gasteiger charge is 2.27. The second-order valence-corrected chi connectivity index (χ2v) is 12.3. The number of rotatable bonds is 10. The molecule has 2 aromatic rings. The SMILES string of the molecule is O=C1c2cc(SCCCN3CCCCC3)ccc2-c2ccc(SCCCN3CCCCC3)cc21. The largest absolute Gasteiger partial charge is 0.303 e. The summed E-state index contributed by atoms with van der Waals surface area (Å²) in [7, 11) is 0. The van der Waals surface area contributed by atoms with Crippen LogP contribution in [0.3, 0.4) is 0 Å². The van der Waals surface area contributed by atoms with E-state index in [0.29, 0.717) is 0 Å². The summed E-state index contributed by atoms with van der Waals surface area (Å²) < 4.78 is 0. The first-order chi connectivity index (χ1) is 16.8. The lowest BCUT2D eigenvalue weighted by molar-refractivity contribution is 0.104. The van der Waals surface area contributed by atoms with E-state index in [1.165, 1.54) is 100 Å². The third-order valence-corrected chi connectivity index (χ3v) is 9.59. The third-order valence-electron chi connectivity index (χ3n) is 7.43. The fourth-order valence-corrected chi connectivity index (χ4v) is 7.29. The van der Waals surface area contributed by atoms with Gasteiger partial charge in [0.15, 0.2) is 5.78 Å². The summed E-state index contributed by atoms with van der Waals surface area (Å²) in [5.74, 6) is 2.44. The Balaban J connectivity index is 1.12. The van der Waals surface area contributed by atoms with Crippen LogP contribution >= 0.6 is 23.5 Å². The molecule has 2 saturated heterocycles. The zero-order valence-electron chi connectivity index (χ0n) is 20.4. The number of likely N-dealkylation sites (tertiary alicyclic amines) is 2. The third kappa shape index (κ3) is 6.10. The van der Waals surface area contributed by atoms with Gasteiger partial charge in [0, 0.05) is 20.9 Å². The van der Waals surface area contributed by atoms with Crippen molar-refractivity contribution in [1.82, 2.24) is 9.80 Å². The maximum Gasteiger partial charge on any atom is 0.194 e. The molecule has 5 rings (SSSR count). The number of nitrogens with zero attached hydrogens (tertiary/aromatic N) is 2. The summed E-state index contributed by atoms with van der Waals surface area (Å²) in [6, 6.07) is 13.0. The first-order valence-electron chi connectivity index (χ1n) is 13.3. The van der Waals surface area contributed by atoms with Gasteiger partial charge in [0.1, 0.15) is 0 Å². The van der Waals surface area contributed by atoms with Crippen molar-refractivity contribution >= 4 is 29.3 Å². The van der Waals surface area contributed by atoms with Gasteiger partial charge in [-0.05, 0) is 125 Å². The Morgan fingerprint density at radius 3 is 1.47 bits per heavy atom. The smallest absolute Gasteiger partial charge is 0.194 e. The summed E-state index contributed by atoms with van der Waals surface area (Å²) in [5.41, 5.74) is 4.00. The number of piperidine rings is 2. The molecule has 2 aliphatic heterocycles. The molecule has 0 atom stereocenters. The van der Waals surface area contributed by atoms with Gasteiger partial charge in [-0.15, -0.1) is 23.5 Å². The van der Waals surface area contributed by atoms with E-state index in [9.17, 15) is 4.79 Å². The van der Waals surface area contributed by atoms with Gasteiger partial charge in [0.2, 0.25) is 0 Å². The highest BCUT2D eigenvalue weighted by Crippen LogP contribution is 2.40. The highest BCUT2D eigenvalue weighted by molar-refractivity contribution is 7.99. The van der Waals surface area contributed by atoms with Crippen molar-refractivity contribution in [1.29, 1.82) is 0 Å². The van der Waals surface area contributed by atoms with E-state index < -0.39 is 0 Å². The van der Waals surface area contributed by atoms with Gasteiger partial charge >= 0.3 is 0 Å². The molecule has 0 bridgehead atoms. The zero-order valence-corrected chi connectivity index (χ0v) is 22.0. The quantitative estimate of drug-likeness (QED) is 0.227. The molecule has 0 saturated carbocycles. The summed E-state index contributed by atoms with van der Waals surface area (Å²) in [4.78, 5) is 20.9. The molecule has 0 N–H and O–H groups in total. The van der Waals surface area contributed by atoms with Crippen molar-refractivity contribution in [2.75, 3.05) is 50.8 Å². The van der Waals surface area contributed by atoms with Gasteiger partial charge in [-0.2, -0.15) is 0 Å².